The SMILES string of the molecule is CC[C@@H](C)NC(=O)[C@H](CC)N(Cc1ccc(OC)cc1)C(=O)Cc1cc(C)ccc1C. The minimum Gasteiger partial charge on any atom is -0.497 e. The highest BCUT2D eigenvalue weighted by Crippen LogP contribution is 2.19. The molecule has 2 rings (SSSR count). The normalized spacial score (nSPS) is 12.7. The van der Waals surface area contributed by atoms with Gasteiger partial charge in [0.2, 0.25) is 11.8 Å². The summed E-state index contributed by atoms with van der Waals surface area (Å²) in [5, 5.41) is 3.05. The van der Waals surface area contributed by atoms with Gasteiger partial charge in [-0.25, -0.2) is 0 Å². The van der Waals surface area contributed by atoms with Crippen LogP contribution >= 0.6 is 0 Å². The van der Waals surface area contributed by atoms with E-state index in [2.05, 4.69) is 11.4 Å². The number of rotatable bonds is 10. The Morgan fingerprint density at radius 2 is 1.71 bits per heavy atom. The van der Waals surface area contributed by atoms with Crippen molar-refractivity contribution in [3.8, 4) is 5.75 Å². The Balaban J connectivity index is 2.33. The molecular weight excluding hydrogens is 388 g/mol. The number of nitrogens with zero attached hydrogens (tertiary/aromatic N) is 1. The van der Waals surface area contributed by atoms with Crippen molar-refractivity contribution in [3.05, 3.63) is 64.7 Å². The van der Waals surface area contributed by atoms with E-state index in [1.807, 2.05) is 71.0 Å². The number of benzene rings is 2. The Bertz CT molecular complexity index is 877. The van der Waals surface area contributed by atoms with Crippen LogP contribution in [0.25, 0.3) is 0 Å². The second-order valence-electron chi connectivity index (χ2n) is 8.22. The third-order valence-electron chi connectivity index (χ3n) is 5.75. The number of nitrogens with one attached hydrogen (secondary N) is 1. The first-order valence-electron chi connectivity index (χ1n) is 11.1. The average molecular weight is 425 g/mol. The molecule has 0 spiro atoms. The van der Waals surface area contributed by atoms with E-state index in [-0.39, 0.29) is 24.3 Å². The van der Waals surface area contributed by atoms with Crippen molar-refractivity contribution in [2.24, 2.45) is 0 Å². The van der Waals surface area contributed by atoms with E-state index in [1.54, 1.807) is 12.0 Å². The van der Waals surface area contributed by atoms with E-state index in [1.165, 1.54) is 0 Å². The maximum absolute atomic E-state index is 13.5. The average Bonchev–Trinajstić information content (AvgIpc) is 2.76. The molecule has 0 aliphatic rings. The van der Waals surface area contributed by atoms with Gasteiger partial charge >= 0.3 is 0 Å². The second-order valence-corrected chi connectivity index (χ2v) is 8.22. The monoisotopic (exact) mass is 424 g/mol. The van der Waals surface area contributed by atoms with Crippen LogP contribution in [0.4, 0.5) is 0 Å². The number of hydrogen-bond acceptors (Lipinski definition) is 3. The van der Waals surface area contributed by atoms with Gasteiger partial charge in [0.25, 0.3) is 0 Å². The number of amides is 2. The predicted octanol–water partition coefficient (Wildman–Crippen LogP) is 4.58. The first-order valence-corrected chi connectivity index (χ1v) is 11.1. The minimum atomic E-state index is -0.520. The maximum atomic E-state index is 13.5. The largest absolute Gasteiger partial charge is 0.497 e. The van der Waals surface area contributed by atoms with Crippen LogP contribution in [0.3, 0.4) is 0 Å². The van der Waals surface area contributed by atoms with E-state index >= 15 is 0 Å². The summed E-state index contributed by atoms with van der Waals surface area (Å²) in [6.45, 7) is 10.4. The van der Waals surface area contributed by atoms with E-state index in [4.69, 9.17) is 4.74 Å². The van der Waals surface area contributed by atoms with E-state index in [9.17, 15) is 9.59 Å². The second kappa shape index (κ2) is 11.5. The zero-order chi connectivity index (χ0) is 23.0. The van der Waals surface area contributed by atoms with Crippen LogP contribution in [-0.2, 0) is 22.6 Å². The van der Waals surface area contributed by atoms with Crippen LogP contribution in [0.15, 0.2) is 42.5 Å². The van der Waals surface area contributed by atoms with Gasteiger partial charge in [-0.2, -0.15) is 0 Å². The van der Waals surface area contributed by atoms with Crippen molar-refractivity contribution in [1.82, 2.24) is 10.2 Å². The van der Waals surface area contributed by atoms with E-state index < -0.39 is 6.04 Å². The van der Waals surface area contributed by atoms with Gasteiger partial charge in [0.15, 0.2) is 0 Å². The van der Waals surface area contributed by atoms with Crippen LogP contribution < -0.4 is 10.1 Å². The quantitative estimate of drug-likeness (QED) is 0.607. The number of aryl methyl sites for hydroxylation is 2. The molecule has 0 saturated carbocycles. The first kappa shape index (κ1) is 24.4. The van der Waals surface area contributed by atoms with Crippen LogP contribution in [0, 0.1) is 13.8 Å². The van der Waals surface area contributed by atoms with Gasteiger partial charge in [-0.1, -0.05) is 49.7 Å². The molecule has 2 aromatic carbocycles. The number of carbonyl (C=O) groups is 2. The highest BCUT2D eigenvalue weighted by Gasteiger charge is 2.29. The van der Waals surface area contributed by atoms with Crippen molar-refractivity contribution in [1.29, 1.82) is 0 Å². The van der Waals surface area contributed by atoms with Crippen molar-refractivity contribution in [2.45, 2.75) is 72.5 Å². The van der Waals surface area contributed by atoms with Crippen LogP contribution in [-0.4, -0.2) is 35.9 Å². The number of ether oxygens (including phenoxy) is 1. The summed E-state index contributed by atoms with van der Waals surface area (Å²) in [5.41, 5.74) is 4.17. The first-order chi connectivity index (χ1) is 14.8. The van der Waals surface area contributed by atoms with Crippen molar-refractivity contribution >= 4 is 11.8 Å². The van der Waals surface area contributed by atoms with Gasteiger partial charge in [-0.3, -0.25) is 9.59 Å². The zero-order valence-corrected chi connectivity index (χ0v) is 19.7. The maximum Gasteiger partial charge on any atom is 0.243 e. The molecule has 0 fully saturated rings. The summed E-state index contributed by atoms with van der Waals surface area (Å²) in [4.78, 5) is 28.2. The van der Waals surface area contributed by atoms with Crippen molar-refractivity contribution in [2.75, 3.05) is 7.11 Å². The number of methoxy groups -OCH3 is 1. The molecule has 0 saturated heterocycles. The molecule has 0 radical (unpaired) electrons. The Morgan fingerprint density at radius 1 is 1.03 bits per heavy atom. The fourth-order valence-corrected chi connectivity index (χ4v) is 3.54. The molecule has 0 bridgehead atoms. The molecule has 5 heteroatoms. The molecular formula is C26H36N2O3. The molecule has 0 aromatic heterocycles. The van der Waals surface area contributed by atoms with Gasteiger partial charge < -0.3 is 15.0 Å². The molecule has 31 heavy (non-hydrogen) atoms. The third-order valence-corrected chi connectivity index (χ3v) is 5.75. The Kier molecular flexibility index (Phi) is 9.10. The highest BCUT2D eigenvalue weighted by molar-refractivity contribution is 5.88. The number of carbonyl (C=O) groups excluding carboxylic acids is 2. The Morgan fingerprint density at radius 3 is 2.29 bits per heavy atom. The van der Waals surface area contributed by atoms with Crippen LogP contribution in [0.2, 0.25) is 0 Å². The van der Waals surface area contributed by atoms with Crippen LogP contribution in [0.1, 0.15) is 55.9 Å². The van der Waals surface area contributed by atoms with Gasteiger partial charge in [-0.05, 0) is 62.4 Å². The summed E-state index contributed by atoms with van der Waals surface area (Å²) in [7, 11) is 1.63. The predicted molar refractivity (Wildman–Crippen MR) is 125 cm³/mol. The lowest BCUT2D eigenvalue weighted by Gasteiger charge is -2.32. The summed E-state index contributed by atoms with van der Waals surface area (Å²) < 4.78 is 5.24. The number of hydrogen-bond donors (Lipinski definition) is 1. The van der Waals surface area contributed by atoms with Gasteiger partial charge in [0, 0.05) is 12.6 Å². The van der Waals surface area contributed by atoms with Gasteiger partial charge in [-0.15, -0.1) is 0 Å². The van der Waals surface area contributed by atoms with E-state index in [0.29, 0.717) is 13.0 Å². The minimum absolute atomic E-state index is 0.0457. The lowest BCUT2D eigenvalue weighted by atomic mass is 10.0. The molecule has 0 aliphatic carbocycles. The lowest BCUT2D eigenvalue weighted by molar-refractivity contribution is -0.141. The standard InChI is InChI=1S/C26H36N2O3/c1-7-20(5)27-26(30)24(8-2)28(17-21-11-13-23(31-6)14-12-21)25(29)16-22-15-18(3)9-10-19(22)4/h9-15,20,24H,7-8,16-17H2,1-6H3,(H,27,30)/t20-,24+/m1/s1. The molecule has 2 amide bonds. The smallest absolute Gasteiger partial charge is 0.243 e. The van der Waals surface area contributed by atoms with Crippen LogP contribution in [0.5, 0.6) is 5.75 Å². The third kappa shape index (κ3) is 6.84. The van der Waals surface area contributed by atoms with Crippen molar-refractivity contribution < 1.29 is 14.3 Å². The van der Waals surface area contributed by atoms with E-state index in [0.717, 1.165) is 34.4 Å². The Labute approximate surface area is 186 Å². The fourth-order valence-electron chi connectivity index (χ4n) is 3.54. The summed E-state index contributed by atoms with van der Waals surface area (Å²) >= 11 is 0. The molecule has 0 aliphatic heterocycles. The van der Waals surface area contributed by atoms with Gasteiger partial charge in [0.1, 0.15) is 11.8 Å². The molecule has 0 unspecified atom stereocenters. The van der Waals surface area contributed by atoms with Crippen molar-refractivity contribution in [3.63, 3.8) is 0 Å². The molecule has 2 atom stereocenters. The zero-order valence-electron chi connectivity index (χ0n) is 19.7. The molecule has 5 nitrogen and oxygen atoms in total. The summed E-state index contributed by atoms with van der Waals surface area (Å²) in [6, 6.07) is 13.3. The molecule has 2 aromatic rings. The summed E-state index contributed by atoms with van der Waals surface area (Å²) in [5.74, 6) is 0.619. The molecule has 0 heterocycles. The highest BCUT2D eigenvalue weighted by atomic mass is 16.5. The topological polar surface area (TPSA) is 58.6 Å². The van der Waals surface area contributed by atoms with Gasteiger partial charge in [0.05, 0.1) is 13.5 Å². The fraction of sp³-hybridized carbons (Fsp3) is 0.462. The molecule has 168 valence electrons. The molecule has 1 N–H and O–H groups in total. The summed E-state index contributed by atoms with van der Waals surface area (Å²) in [6.07, 6.45) is 1.67. The lowest BCUT2D eigenvalue weighted by Crippen LogP contribution is -2.51. The Hall–Kier alpha value is -2.82.